The van der Waals surface area contributed by atoms with Crippen LogP contribution in [0.5, 0.6) is 0 Å². The number of ether oxygens (including phenoxy) is 1. The summed E-state index contributed by atoms with van der Waals surface area (Å²) in [4.78, 5) is 10.9. The minimum absolute atomic E-state index is 0.0720. The van der Waals surface area contributed by atoms with E-state index in [0.717, 1.165) is 5.56 Å². The van der Waals surface area contributed by atoms with Gasteiger partial charge in [0.25, 0.3) is 0 Å². The molecule has 0 unspecified atom stereocenters. The van der Waals surface area contributed by atoms with Crippen LogP contribution in [0.4, 0.5) is 0 Å². The van der Waals surface area contributed by atoms with Crippen molar-refractivity contribution >= 4 is 17.6 Å². The molecule has 0 saturated heterocycles. The molecule has 1 atom stereocenters. The van der Waals surface area contributed by atoms with E-state index >= 15 is 0 Å². The fraction of sp³-hybridized carbons (Fsp3) is 0.364. The lowest BCUT2D eigenvalue weighted by Gasteiger charge is -2.13. The summed E-state index contributed by atoms with van der Waals surface area (Å²) in [7, 11) is 1.37. The topological polar surface area (TPSA) is 38.3 Å². The molecule has 4 heteroatoms. The molecule has 0 radical (unpaired) electrons. The first-order valence-electron chi connectivity index (χ1n) is 4.69. The molecule has 0 aliphatic heterocycles. The van der Waals surface area contributed by atoms with Crippen LogP contribution in [0.15, 0.2) is 24.3 Å². The number of carbonyl (C=O) groups excluding carboxylic acids is 1. The molecular formula is C11H14ClNO2. The molecule has 82 valence electrons. The van der Waals surface area contributed by atoms with Gasteiger partial charge in [-0.05, 0) is 24.6 Å². The maximum Gasteiger partial charge on any atom is 0.319 e. The number of hydrogen-bond donors (Lipinski definition) is 1. The SMILES string of the molecule is COC(=O)CN[C@H](C)c1cccc(Cl)c1. The number of esters is 1. The number of hydrogen-bond acceptors (Lipinski definition) is 3. The molecule has 0 heterocycles. The zero-order chi connectivity index (χ0) is 11.3. The summed E-state index contributed by atoms with van der Waals surface area (Å²) in [5.41, 5.74) is 1.05. The van der Waals surface area contributed by atoms with Crippen LogP contribution in [0.25, 0.3) is 0 Å². The summed E-state index contributed by atoms with van der Waals surface area (Å²) >= 11 is 5.86. The summed E-state index contributed by atoms with van der Waals surface area (Å²) in [6, 6.07) is 7.60. The molecule has 15 heavy (non-hydrogen) atoms. The maximum absolute atomic E-state index is 10.9. The molecule has 0 aliphatic rings. The first kappa shape index (κ1) is 12.0. The normalized spacial score (nSPS) is 12.2. The smallest absolute Gasteiger partial charge is 0.319 e. The van der Waals surface area contributed by atoms with Gasteiger partial charge in [0.1, 0.15) is 0 Å². The second-order valence-electron chi connectivity index (χ2n) is 3.23. The van der Waals surface area contributed by atoms with Gasteiger partial charge in [-0.2, -0.15) is 0 Å². The molecule has 0 aliphatic carbocycles. The quantitative estimate of drug-likeness (QED) is 0.802. The molecule has 1 N–H and O–H groups in total. The lowest BCUT2D eigenvalue weighted by molar-refractivity contribution is -0.139. The minimum Gasteiger partial charge on any atom is -0.468 e. The van der Waals surface area contributed by atoms with Crippen LogP contribution in [-0.4, -0.2) is 19.6 Å². The Balaban J connectivity index is 2.53. The molecule has 0 amide bonds. The van der Waals surface area contributed by atoms with Crippen molar-refractivity contribution in [2.45, 2.75) is 13.0 Å². The predicted molar refractivity (Wildman–Crippen MR) is 59.9 cm³/mol. The predicted octanol–water partition coefficient (Wildman–Crippen LogP) is 2.16. The third-order valence-electron chi connectivity index (χ3n) is 2.13. The van der Waals surface area contributed by atoms with Crippen LogP contribution < -0.4 is 5.32 Å². The zero-order valence-corrected chi connectivity index (χ0v) is 9.54. The molecule has 0 fully saturated rings. The van der Waals surface area contributed by atoms with Crippen molar-refractivity contribution in [2.75, 3.05) is 13.7 Å². The van der Waals surface area contributed by atoms with E-state index < -0.39 is 0 Å². The molecule has 3 nitrogen and oxygen atoms in total. The molecule has 1 rings (SSSR count). The molecule has 0 saturated carbocycles. The number of carbonyl (C=O) groups is 1. The summed E-state index contributed by atoms with van der Waals surface area (Å²) in [5, 5.41) is 3.74. The van der Waals surface area contributed by atoms with E-state index in [4.69, 9.17) is 11.6 Å². The van der Waals surface area contributed by atoms with Crippen LogP contribution >= 0.6 is 11.6 Å². The summed E-state index contributed by atoms with van der Waals surface area (Å²) in [6.45, 7) is 2.17. The summed E-state index contributed by atoms with van der Waals surface area (Å²) < 4.78 is 4.53. The van der Waals surface area contributed by atoms with Gasteiger partial charge in [0.05, 0.1) is 13.7 Å². The third kappa shape index (κ3) is 3.90. The van der Waals surface area contributed by atoms with Crippen molar-refractivity contribution in [1.82, 2.24) is 5.32 Å². The number of halogens is 1. The molecule has 1 aromatic rings. The maximum atomic E-state index is 10.9. The molecular weight excluding hydrogens is 214 g/mol. The number of rotatable bonds is 4. The highest BCUT2D eigenvalue weighted by Gasteiger charge is 2.07. The second-order valence-corrected chi connectivity index (χ2v) is 3.67. The molecule has 1 aromatic carbocycles. The van der Waals surface area contributed by atoms with Gasteiger partial charge in [0.2, 0.25) is 0 Å². The standard InChI is InChI=1S/C11H14ClNO2/c1-8(13-7-11(14)15-2)9-4-3-5-10(12)6-9/h3-6,8,13H,7H2,1-2H3/t8-/m1/s1. The highest BCUT2D eigenvalue weighted by atomic mass is 35.5. The van der Waals surface area contributed by atoms with E-state index in [2.05, 4.69) is 10.1 Å². The van der Waals surface area contributed by atoms with Crippen LogP contribution in [0.2, 0.25) is 5.02 Å². The average Bonchev–Trinajstić information content (AvgIpc) is 2.25. The van der Waals surface area contributed by atoms with Crippen molar-refractivity contribution in [3.8, 4) is 0 Å². The Labute approximate surface area is 94.4 Å². The largest absolute Gasteiger partial charge is 0.468 e. The van der Waals surface area contributed by atoms with E-state index in [1.165, 1.54) is 7.11 Å². The summed E-state index contributed by atoms with van der Waals surface area (Å²) in [5.74, 6) is -0.274. The monoisotopic (exact) mass is 227 g/mol. The molecule has 0 bridgehead atoms. The molecule has 0 spiro atoms. The summed E-state index contributed by atoms with van der Waals surface area (Å²) in [6.07, 6.45) is 0. The Kier molecular flexibility index (Phi) is 4.59. The van der Waals surface area contributed by atoms with Crippen LogP contribution in [0.1, 0.15) is 18.5 Å². The Morgan fingerprint density at radius 3 is 2.93 bits per heavy atom. The van der Waals surface area contributed by atoms with Gasteiger partial charge in [-0.15, -0.1) is 0 Å². The van der Waals surface area contributed by atoms with E-state index in [0.29, 0.717) is 5.02 Å². The van der Waals surface area contributed by atoms with Gasteiger partial charge in [0.15, 0.2) is 0 Å². The molecule has 0 aromatic heterocycles. The Morgan fingerprint density at radius 2 is 2.33 bits per heavy atom. The number of nitrogens with one attached hydrogen (secondary N) is 1. The second kappa shape index (κ2) is 5.73. The van der Waals surface area contributed by atoms with Gasteiger partial charge in [0, 0.05) is 11.1 Å². The van der Waals surface area contributed by atoms with Gasteiger partial charge >= 0.3 is 5.97 Å². The van der Waals surface area contributed by atoms with Crippen LogP contribution in [0.3, 0.4) is 0 Å². The van der Waals surface area contributed by atoms with Crippen molar-refractivity contribution in [3.63, 3.8) is 0 Å². The Morgan fingerprint density at radius 1 is 1.60 bits per heavy atom. The lowest BCUT2D eigenvalue weighted by Crippen LogP contribution is -2.26. The van der Waals surface area contributed by atoms with Crippen LogP contribution in [-0.2, 0) is 9.53 Å². The lowest BCUT2D eigenvalue weighted by atomic mass is 10.1. The van der Waals surface area contributed by atoms with Gasteiger partial charge < -0.3 is 10.1 Å². The van der Waals surface area contributed by atoms with E-state index in [1.807, 2.05) is 31.2 Å². The van der Waals surface area contributed by atoms with Crippen molar-refractivity contribution in [2.24, 2.45) is 0 Å². The van der Waals surface area contributed by atoms with Gasteiger partial charge in [-0.3, -0.25) is 4.79 Å². The average molecular weight is 228 g/mol. The highest BCUT2D eigenvalue weighted by Crippen LogP contribution is 2.16. The highest BCUT2D eigenvalue weighted by molar-refractivity contribution is 6.30. The van der Waals surface area contributed by atoms with E-state index in [-0.39, 0.29) is 18.6 Å². The zero-order valence-electron chi connectivity index (χ0n) is 8.79. The van der Waals surface area contributed by atoms with Gasteiger partial charge in [-0.1, -0.05) is 23.7 Å². The Bertz CT molecular complexity index is 341. The third-order valence-corrected chi connectivity index (χ3v) is 2.36. The van der Waals surface area contributed by atoms with Crippen molar-refractivity contribution < 1.29 is 9.53 Å². The number of benzene rings is 1. The first-order valence-corrected chi connectivity index (χ1v) is 5.07. The van der Waals surface area contributed by atoms with Crippen molar-refractivity contribution in [3.05, 3.63) is 34.9 Å². The van der Waals surface area contributed by atoms with Crippen LogP contribution in [0, 0.1) is 0 Å². The Hall–Kier alpha value is -1.06. The van der Waals surface area contributed by atoms with E-state index in [1.54, 1.807) is 0 Å². The number of methoxy groups -OCH3 is 1. The fourth-order valence-electron chi connectivity index (χ4n) is 1.20. The van der Waals surface area contributed by atoms with Gasteiger partial charge in [-0.25, -0.2) is 0 Å². The minimum atomic E-state index is -0.274. The van der Waals surface area contributed by atoms with E-state index in [9.17, 15) is 4.79 Å². The van der Waals surface area contributed by atoms with Crippen molar-refractivity contribution in [1.29, 1.82) is 0 Å². The first-order chi connectivity index (χ1) is 7.13. The fourth-order valence-corrected chi connectivity index (χ4v) is 1.40.